The number of fused-ring (bicyclic) bond motifs is 2. The summed E-state index contributed by atoms with van der Waals surface area (Å²) in [6.07, 6.45) is 10.4. The fourth-order valence-electron chi connectivity index (χ4n) is 3.40. The summed E-state index contributed by atoms with van der Waals surface area (Å²) in [5.41, 5.74) is 7.09. The van der Waals surface area contributed by atoms with Crippen molar-refractivity contribution in [2.24, 2.45) is 4.99 Å². The number of imidazole rings is 1. The summed E-state index contributed by atoms with van der Waals surface area (Å²) in [7, 11) is 0. The minimum Gasteiger partial charge on any atom is -0.335 e. The van der Waals surface area contributed by atoms with E-state index in [0.29, 0.717) is 11.5 Å². The highest BCUT2D eigenvalue weighted by Crippen LogP contribution is 2.29. The summed E-state index contributed by atoms with van der Waals surface area (Å²) < 4.78 is 0. The van der Waals surface area contributed by atoms with Crippen molar-refractivity contribution in [1.82, 2.24) is 35.1 Å². The van der Waals surface area contributed by atoms with Crippen LogP contribution in [0.4, 0.5) is 0 Å². The third-order valence-electron chi connectivity index (χ3n) is 4.89. The molecule has 5 heterocycles. The van der Waals surface area contributed by atoms with Gasteiger partial charge >= 0.3 is 0 Å². The molecule has 0 saturated heterocycles. The van der Waals surface area contributed by atoms with Crippen LogP contribution in [0.5, 0.6) is 0 Å². The van der Waals surface area contributed by atoms with Gasteiger partial charge in [0.05, 0.1) is 28.6 Å². The fraction of sp³-hybridized carbons (Fsp3) is 0.0435. The number of rotatable bonds is 5. The molecular weight excluding hydrogens is 388 g/mol. The molecule has 0 aliphatic rings. The number of hydrogen-bond acceptors (Lipinski definition) is 6. The van der Waals surface area contributed by atoms with Gasteiger partial charge in [-0.25, -0.2) is 9.97 Å². The number of allylic oxidation sites excluding steroid dienone is 2. The molecule has 0 fully saturated rings. The predicted molar refractivity (Wildman–Crippen MR) is 122 cm³/mol. The van der Waals surface area contributed by atoms with E-state index in [9.17, 15) is 0 Å². The molecule has 0 saturated carbocycles. The lowest BCUT2D eigenvalue weighted by Gasteiger charge is -2.01. The predicted octanol–water partition coefficient (Wildman–Crippen LogP) is 4.58. The van der Waals surface area contributed by atoms with Crippen molar-refractivity contribution in [2.45, 2.75) is 6.92 Å². The maximum atomic E-state index is 4.81. The first-order valence-corrected chi connectivity index (χ1v) is 9.70. The molecule has 0 aliphatic carbocycles. The lowest BCUT2D eigenvalue weighted by atomic mass is 10.1. The smallest absolute Gasteiger partial charge is 0.161 e. The van der Waals surface area contributed by atoms with Gasteiger partial charge in [-0.2, -0.15) is 5.10 Å². The van der Waals surface area contributed by atoms with Gasteiger partial charge in [0.25, 0.3) is 0 Å². The Hall–Kier alpha value is -4.46. The van der Waals surface area contributed by atoms with Crippen molar-refractivity contribution in [2.75, 3.05) is 0 Å². The molecule has 0 spiro atoms. The summed E-state index contributed by atoms with van der Waals surface area (Å²) >= 11 is 0. The maximum absolute atomic E-state index is 4.81. The monoisotopic (exact) mass is 406 g/mol. The molecule has 0 aliphatic heterocycles. The Morgan fingerprint density at radius 1 is 1.06 bits per heavy atom. The zero-order chi connectivity index (χ0) is 21.2. The molecule has 5 aromatic heterocycles. The molecule has 0 radical (unpaired) electrons. The summed E-state index contributed by atoms with van der Waals surface area (Å²) in [5, 5.41) is 7.50. The summed E-state index contributed by atoms with van der Waals surface area (Å²) in [4.78, 5) is 25.8. The summed E-state index contributed by atoms with van der Waals surface area (Å²) in [5.74, 6) is 0.609. The van der Waals surface area contributed by atoms with E-state index in [2.05, 4.69) is 36.7 Å². The van der Waals surface area contributed by atoms with Crippen LogP contribution in [0.1, 0.15) is 12.6 Å². The van der Waals surface area contributed by atoms with Crippen molar-refractivity contribution < 1.29 is 0 Å². The highest BCUT2D eigenvalue weighted by atomic mass is 15.2. The Morgan fingerprint density at radius 3 is 2.81 bits per heavy atom. The SMILES string of the molecule is C=CN=C/C(=C\C)c1ccc2[nH]nc(-c3nc4c(-c5ccccn5)cncc4[nH]3)c2n1. The third-order valence-corrected chi connectivity index (χ3v) is 4.89. The quantitative estimate of drug-likeness (QED) is 0.416. The minimum absolute atomic E-state index is 0.609. The second-order valence-corrected chi connectivity index (χ2v) is 6.75. The third kappa shape index (κ3) is 3.29. The molecule has 0 atom stereocenters. The van der Waals surface area contributed by atoms with Gasteiger partial charge in [0.15, 0.2) is 11.5 Å². The second-order valence-electron chi connectivity index (χ2n) is 6.75. The number of pyridine rings is 3. The maximum Gasteiger partial charge on any atom is 0.161 e. The second kappa shape index (κ2) is 7.75. The van der Waals surface area contributed by atoms with Crippen LogP contribution < -0.4 is 0 Å². The van der Waals surface area contributed by atoms with Gasteiger partial charge < -0.3 is 4.98 Å². The zero-order valence-electron chi connectivity index (χ0n) is 16.7. The Bertz CT molecular complexity index is 1460. The normalized spacial score (nSPS) is 12.2. The van der Waals surface area contributed by atoms with E-state index in [1.165, 1.54) is 6.20 Å². The molecule has 5 rings (SSSR count). The van der Waals surface area contributed by atoms with Gasteiger partial charge in [-0.05, 0) is 31.2 Å². The van der Waals surface area contributed by atoms with Gasteiger partial charge in [0.1, 0.15) is 11.0 Å². The molecule has 31 heavy (non-hydrogen) atoms. The Labute approximate surface area is 177 Å². The highest BCUT2D eigenvalue weighted by molar-refractivity contribution is 6.09. The van der Waals surface area contributed by atoms with Crippen molar-refractivity contribution in [3.63, 3.8) is 0 Å². The van der Waals surface area contributed by atoms with Crippen LogP contribution in [0.2, 0.25) is 0 Å². The van der Waals surface area contributed by atoms with Crippen molar-refractivity contribution in [1.29, 1.82) is 0 Å². The van der Waals surface area contributed by atoms with E-state index in [1.54, 1.807) is 24.8 Å². The minimum atomic E-state index is 0.609. The van der Waals surface area contributed by atoms with Gasteiger partial charge in [0.2, 0.25) is 0 Å². The van der Waals surface area contributed by atoms with E-state index in [4.69, 9.17) is 9.97 Å². The molecule has 0 amide bonds. The van der Waals surface area contributed by atoms with Gasteiger partial charge in [-0.1, -0.05) is 18.7 Å². The number of H-pyrrole nitrogens is 2. The molecule has 8 nitrogen and oxygen atoms in total. The molecule has 2 N–H and O–H groups in total. The molecule has 8 heteroatoms. The van der Waals surface area contributed by atoms with E-state index in [0.717, 1.165) is 44.6 Å². The van der Waals surface area contributed by atoms with E-state index < -0.39 is 0 Å². The van der Waals surface area contributed by atoms with Crippen LogP contribution in [0.15, 0.2) is 72.8 Å². The van der Waals surface area contributed by atoms with Gasteiger partial charge in [-0.3, -0.25) is 20.1 Å². The van der Waals surface area contributed by atoms with Crippen molar-refractivity contribution in [3.8, 4) is 22.8 Å². The number of nitrogens with zero attached hydrogens (tertiary/aromatic N) is 6. The molecule has 0 unspecified atom stereocenters. The van der Waals surface area contributed by atoms with Crippen LogP contribution in [0, 0.1) is 0 Å². The average molecular weight is 406 g/mol. The summed E-state index contributed by atoms with van der Waals surface area (Å²) in [6.45, 7) is 5.57. The van der Waals surface area contributed by atoms with Crippen LogP contribution in [0.25, 0.3) is 50.4 Å². The van der Waals surface area contributed by atoms with E-state index in [1.807, 2.05) is 43.3 Å². The first kappa shape index (κ1) is 18.6. The highest BCUT2D eigenvalue weighted by Gasteiger charge is 2.17. The standard InChI is InChI=1S/C23H18N8/c1-3-14(11-24-4-2)16-8-9-18-21(27-16)22(31-30-18)23-28-19-13-25-12-15(20(19)29-23)17-7-5-6-10-26-17/h3-13H,2H2,1H3,(H,28,29)(H,30,31)/b14-3+,24-11?. The van der Waals surface area contributed by atoms with Crippen LogP contribution in [-0.2, 0) is 0 Å². The topological polar surface area (TPSA) is 108 Å². The van der Waals surface area contributed by atoms with Crippen LogP contribution >= 0.6 is 0 Å². The largest absolute Gasteiger partial charge is 0.335 e. The molecule has 150 valence electrons. The van der Waals surface area contributed by atoms with E-state index in [-0.39, 0.29) is 0 Å². The number of hydrogen-bond donors (Lipinski definition) is 2. The first-order valence-electron chi connectivity index (χ1n) is 9.70. The first-order chi connectivity index (χ1) is 15.3. The van der Waals surface area contributed by atoms with Gasteiger partial charge in [-0.15, -0.1) is 0 Å². The van der Waals surface area contributed by atoms with Crippen LogP contribution in [0.3, 0.4) is 0 Å². The molecule has 0 aromatic carbocycles. The Balaban J connectivity index is 1.65. The van der Waals surface area contributed by atoms with Gasteiger partial charge in [0, 0.05) is 35.9 Å². The molecular formula is C23H18N8. The van der Waals surface area contributed by atoms with Crippen molar-refractivity contribution in [3.05, 3.63) is 73.5 Å². The molecule has 5 aromatic rings. The number of aliphatic imine (C=N–C) groups is 1. The lowest BCUT2D eigenvalue weighted by Crippen LogP contribution is -1.92. The number of aromatic amines is 2. The number of aromatic nitrogens is 7. The Kier molecular flexibility index (Phi) is 4.64. The van der Waals surface area contributed by atoms with Crippen LogP contribution in [-0.4, -0.2) is 41.3 Å². The van der Waals surface area contributed by atoms with Crippen molar-refractivity contribution >= 4 is 33.9 Å². The summed E-state index contributed by atoms with van der Waals surface area (Å²) in [6, 6.07) is 9.63. The zero-order valence-corrected chi connectivity index (χ0v) is 16.7. The van der Waals surface area contributed by atoms with E-state index >= 15 is 0 Å². The molecule has 0 bridgehead atoms. The Morgan fingerprint density at radius 2 is 2.00 bits per heavy atom. The fourth-order valence-corrected chi connectivity index (χ4v) is 3.40. The number of nitrogens with one attached hydrogen (secondary N) is 2. The average Bonchev–Trinajstić information content (AvgIpc) is 3.43. The lowest BCUT2D eigenvalue weighted by molar-refractivity contribution is 1.10.